The third kappa shape index (κ3) is 5.33. The van der Waals surface area contributed by atoms with Gasteiger partial charge in [-0.2, -0.15) is 0 Å². The molecule has 0 spiro atoms. The lowest BCUT2D eigenvalue weighted by Crippen LogP contribution is -2.33. The molecule has 2 aromatic rings. The number of hydrogen-bond donors (Lipinski definition) is 1. The van der Waals surface area contributed by atoms with Gasteiger partial charge in [0.05, 0.1) is 20.8 Å². The summed E-state index contributed by atoms with van der Waals surface area (Å²) in [5.41, 5.74) is 1.77. The number of methoxy groups -OCH3 is 2. The summed E-state index contributed by atoms with van der Waals surface area (Å²) in [6, 6.07) is 13.7. The fourth-order valence-corrected chi connectivity index (χ4v) is 3.49. The highest BCUT2D eigenvalue weighted by atomic mass is 16.5. The fourth-order valence-electron chi connectivity index (χ4n) is 3.49. The molecule has 0 unspecified atom stereocenters. The lowest BCUT2D eigenvalue weighted by molar-refractivity contribution is -0.131. The molecule has 3 rings (SSSR count). The number of rotatable bonds is 9. The molecule has 0 aromatic heterocycles. The Morgan fingerprint density at radius 2 is 1.74 bits per heavy atom. The predicted molar refractivity (Wildman–Crippen MR) is 115 cm³/mol. The van der Waals surface area contributed by atoms with Crippen molar-refractivity contribution in [3.63, 3.8) is 0 Å². The molecule has 8 nitrogen and oxygen atoms in total. The van der Waals surface area contributed by atoms with E-state index in [2.05, 4.69) is 5.32 Å². The van der Waals surface area contributed by atoms with E-state index in [1.807, 2.05) is 30.3 Å². The number of carbonyl (C=O) groups is 3. The van der Waals surface area contributed by atoms with Crippen LogP contribution in [0.15, 0.2) is 48.5 Å². The van der Waals surface area contributed by atoms with E-state index in [4.69, 9.17) is 9.47 Å². The Kier molecular flexibility index (Phi) is 7.12. The highest BCUT2D eigenvalue weighted by Gasteiger charge is 2.38. The largest absolute Gasteiger partial charge is 0.493 e. The summed E-state index contributed by atoms with van der Waals surface area (Å²) >= 11 is 0. The molecule has 1 heterocycles. The number of nitrogens with one attached hydrogen (secondary N) is 1. The summed E-state index contributed by atoms with van der Waals surface area (Å²) in [5, 5.41) is 2.68. The van der Waals surface area contributed by atoms with Crippen LogP contribution < -0.4 is 14.8 Å². The quantitative estimate of drug-likeness (QED) is 0.624. The van der Waals surface area contributed by atoms with E-state index in [9.17, 15) is 14.4 Å². The van der Waals surface area contributed by atoms with Crippen molar-refractivity contribution in [1.82, 2.24) is 15.1 Å². The average molecular weight is 425 g/mol. The molecule has 8 heteroatoms. The number of ether oxygens (including phenoxy) is 2. The first-order valence-corrected chi connectivity index (χ1v) is 10.0. The molecular weight excluding hydrogens is 398 g/mol. The zero-order valence-corrected chi connectivity index (χ0v) is 18.0. The van der Waals surface area contributed by atoms with Crippen molar-refractivity contribution in [2.75, 3.05) is 21.3 Å². The van der Waals surface area contributed by atoms with E-state index in [0.29, 0.717) is 18.0 Å². The predicted octanol–water partition coefficient (Wildman–Crippen LogP) is 2.56. The lowest BCUT2D eigenvalue weighted by Gasteiger charge is -2.18. The minimum absolute atomic E-state index is 0.0794. The molecule has 1 N–H and O–H groups in total. The summed E-state index contributed by atoms with van der Waals surface area (Å²) in [4.78, 5) is 40.3. The van der Waals surface area contributed by atoms with E-state index in [1.165, 1.54) is 14.2 Å². The number of benzene rings is 2. The maximum absolute atomic E-state index is 12.7. The van der Waals surface area contributed by atoms with Crippen LogP contribution in [0, 0.1) is 0 Å². The molecule has 1 aliphatic heterocycles. The van der Waals surface area contributed by atoms with Gasteiger partial charge >= 0.3 is 6.03 Å². The van der Waals surface area contributed by atoms with Crippen LogP contribution in [-0.4, -0.2) is 55.0 Å². The molecule has 31 heavy (non-hydrogen) atoms. The second-order valence-corrected chi connectivity index (χ2v) is 7.39. The monoisotopic (exact) mass is 425 g/mol. The third-order valence-corrected chi connectivity index (χ3v) is 5.23. The maximum Gasteiger partial charge on any atom is 0.325 e. The highest BCUT2D eigenvalue weighted by Crippen LogP contribution is 2.28. The van der Waals surface area contributed by atoms with E-state index >= 15 is 0 Å². The van der Waals surface area contributed by atoms with E-state index in [0.717, 1.165) is 16.0 Å². The van der Waals surface area contributed by atoms with Crippen molar-refractivity contribution >= 4 is 17.8 Å². The first kappa shape index (κ1) is 22.1. The van der Waals surface area contributed by atoms with Gasteiger partial charge in [0.1, 0.15) is 6.04 Å². The minimum atomic E-state index is -0.707. The third-order valence-electron chi connectivity index (χ3n) is 5.23. The Bertz CT molecular complexity index is 947. The van der Waals surface area contributed by atoms with Gasteiger partial charge in [-0.3, -0.25) is 14.5 Å². The van der Waals surface area contributed by atoms with Gasteiger partial charge in [0.15, 0.2) is 11.5 Å². The van der Waals surface area contributed by atoms with Crippen molar-refractivity contribution in [2.45, 2.75) is 32.0 Å². The zero-order chi connectivity index (χ0) is 22.4. The van der Waals surface area contributed by atoms with Crippen LogP contribution in [0.1, 0.15) is 24.0 Å². The van der Waals surface area contributed by atoms with Gasteiger partial charge in [-0.15, -0.1) is 0 Å². The molecule has 0 radical (unpaired) electrons. The van der Waals surface area contributed by atoms with Crippen LogP contribution in [0.2, 0.25) is 0 Å². The van der Waals surface area contributed by atoms with Crippen molar-refractivity contribution < 1.29 is 23.9 Å². The average Bonchev–Trinajstić information content (AvgIpc) is 3.05. The molecule has 0 bridgehead atoms. The van der Waals surface area contributed by atoms with Crippen molar-refractivity contribution in [2.24, 2.45) is 0 Å². The minimum Gasteiger partial charge on any atom is -0.493 e. The molecule has 1 saturated heterocycles. The number of carbonyl (C=O) groups excluding carboxylic acids is 3. The summed E-state index contributed by atoms with van der Waals surface area (Å²) in [5.74, 6) is 0.678. The molecule has 0 saturated carbocycles. The number of imide groups is 1. The Morgan fingerprint density at radius 3 is 2.42 bits per heavy atom. The SMILES string of the molecule is COc1ccc(CN2C(=O)N[C@H](CCC(=O)N(C)Cc3ccccc3)C2=O)cc1OC. The topological polar surface area (TPSA) is 88.2 Å². The van der Waals surface area contributed by atoms with E-state index in [-0.39, 0.29) is 31.2 Å². The first-order valence-electron chi connectivity index (χ1n) is 10.0. The first-order chi connectivity index (χ1) is 14.9. The van der Waals surface area contributed by atoms with Crippen LogP contribution in [0.25, 0.3) is 0 Å². The molecule has 164 valence electrons. The normalized spacial score (nSPS) is 15.6. The molecular formula is C23H27N3O5. The standard InChI is InChI=1S/C23H27N3O5/c1-25(14-16-7-5-4-6-8-16)21(27)12-10-18-22(28)26(23(29)24-18)15-17-9-11-19(30-2)20(13-17)31-3/h4-9,11,13,18H,10,12,14-15H2,1-3H3,(H,24,29)/t18-/m1/s1. The van der Waals surface area contributed by atoms with Gasteiger partial charge < -0.3 is 19.7 Å². The Balaban J connectivity index is 1.55. The number of urea groups is 1. The zero-order valence-electron chi connectivity index (χ0n) is 18.0. The van der Waals surface area contributed by atoms with Crippen molar-refractivity contribution in [3.8, 4) is 11.5 Å². The van der Waals surface area contributed by atoms with Gasteiger partial charge in [0.2, 0.25) is 5.91 Å². The molecule has 1 atom stereocenters. The van der Waals surface area contributed by atoms with E-state index in [1.54, 1.807) is 30.1 Å². The summed E-state index contributed by atoms with van der Waals surface area (Å²) in [6.07, 6.45) is 0.426. The maximum atomic E-state index is 12.7. The molecule has 1 fully saturated rings. The van der Waals surface area contributed by atoms with Crippen LogP contribution >= 0.6 is 0 Å². The van der Waals surface area contributed by atoms with Crippen LogP contribution in [0.5, 0.6) is 11.5 Å². The fraction of sp³-hybridized carbons (Fsp3) is 0.348. The summed E-state index contributed by atoms with van der Waals surface area (Å²) in [6.45, 7) is 0.611. The van der Waals surface area contributed by atoms with Gasteiger partial charge in [0.25, 0.3) is 5.91 Å². The van der Waals surface area contributed by atoms with Gasteiger partial charge in [-0.05, 0) is 29.7 Å². The van der Waals surface area contributed by atoms with Crippen LogP contribution in [0.4, 0.5) is 4.79 Å². The molecule has 2 aromatic carbocycles. The number of nitrogens with zero attached hydrogens (tertiary/aromatic N) is 2. The van der Waals surface area contributed by atoms with Gasteiger partial charge in [-0.1, -0.05) is 36.4 Å². The molecule has 0 aliphatic carbocycles. The van der Waals surface area contributed by atoms with E-state index < -0.39 is 12.1 Å². The molecule has 4 amide bonds. The van der Waals surface area contributed by atoms with Gasteiger partial charge in [0, 0.05) is 20.0 Å². The lowest BCUT2D eigenvalue weighted by atomic mass is 10.1. The van der Waals surface area contributed by atoms with Gasteiger partial charge in [-0.25, -0.2) is 4.79 Å². The van der Waals surface area contributed by atoms with Crippen LogP contribution in [0.3, 0.4) is 0 Å². The molecule has 1 aliphatic rings. The second-order valence-electron chi connectivity index (χ2n) is 7.39. The number of amides is 4. The van der Waals surface area contributed by atoms with Crippen molar-refractivity contribution in [3.05, 3.63) is 59.7 Å². The number of hydrogen-bond acceptors (Lipinski definition) is 5. The summed E-state index contributed by atoms with van der Waals surface area (Å²) in [7, 11) is 4.79. The second kappa shape index (κ2) is 9.97. The smallest absolute Gasteiger partial charge is 0.325 e. The Labute approximate surface area is 181 Å². The van der Waals surface area contributed by atoms with Crippen LogP contribution in [-0.2, 0) is 22.7 Å². The summed E-state index contributed by atoms with van der Waals surface area (Å²) < 4.78 is 10.5. The Morgan fingerprint density at radius 1 is 1.03 bits per heavy atom. The Hall–Kier alpha value is -3.55. The highest BCUT2D eigenvalue weighted by molar-refractivity contribution is 6.04. The van der Waals surface area contributed by atoms with Crippen molar-refractivity contribution in [1.29, 1.82) is 0 Å².